The van der Waals surface area contributed by atoms with Crippen molar-refractivity contribution in [2.45, 2.75) is 75.7 Å². The largest absolute Gasteiger partial charge is 0.450 e. The van der Waals surface area contributed by atoms with Crippen LogP contribution in [0.3, 0.4) is 0 Å². The van der Waals surface area contributed by atoms with Gasteiger partial charge in [-0.1, -0.05) is 6.42 Å². The van der Waals surface area contributed by atoms with Gasteiger partial charge < -0.3 is 4.74 Å². The summed E-state index contributed by atoms with van der Waals surface area (Å²) in [5.41, 5.74) is -0.341. The standard InChI is InChI=1S/C23H31NO5S2/c1-15(21(25)23-12-16-9-17(13-23)11-18(10-16)14-23)29-22(26)20-19(5-8-30-20)31(27,28)24-6-3-2-4-7-24/h5,8,15-18H,2-4,6-7,9-14H2,1H3/t15-,16?,17?,18?,23?/m0/s1. The summed E-state index contributed by atoms with van der Waals surface area (Å²) in [6.45, 7) is 2.62. The quantitative estimate of drug-likeness (QED) is 0.587. The highest BCUT2D eigenvalue weighted by Crippen LogP contribution is 2.60. The van der Waals surface area contributed by atoms with E-state index in [1.165, 1.54) is 29.6 Å². The lowest BCUT2D eigenvalue weighted by Gasteiger charge is -2.56. The predicted molar refractivity (Wildman–Crippen MR) is 117 cm³/mol. The molecule has 0 unspecified atom stereocenters. The minimum atomic E-state index is -3.73. The topological polar surface area (TPSA) is 80.8 Å². The Morgan fingerprint density at radius 2 is 1.65 bits per heavy atom. The Hall–Kier alpha value is -1.25. The number of carbonyl (C=O) groups is 2. The number of rotatable bonds is 6. The zero-order chi connectivity index (χ0) is 21.8. The summed E-state index contributed by atoms with van der Waals surface area (Å²) in [4.78, 5) is 26.5. The zero-order valence-electron chi connectivity index (χ0n) is 18.0. The minimum Gasteiger partial charge on any atom is -0.450 e. The van der Waals surface area contributed by atoms with Crippen LogP contribution < -0.4 is 0 Å². The van der Waals surface area contributed by atoms with E-state index in [2.05, 4.69) is 0 Å². The minimum absolute atomic E-state index is 0.0128. The molecule has 6 rings (SSSR count). The first-order valence-electron chi connectivity index (χ1n) is 11.6. The highest BCUT2D eigenvalue weighted by molar-refractivity contribution is 7.89. The molecule has 0 spiro atoms. The van der Waals surface area contributed by atoms with Crippen LogP contribution in [0.5, 0.6) is 0 Å². The summed E-state index contributed by atoms with van der Waals surface area (Å²) < 4.78 is 33.2. The van der Waals surface area contributed by atoms with Crippen LogP contribution in [0.25, 0.3) is 0 Å². The van der Waals surface area contributed by atoms with Crippen LogP contribution in [0.2, 0.25) is 0 Å². The second kappa shape index (κ2) is 7.96. The van der Waals surface area contributed by atoms with Gasteiger partial charge in [-0.2, -0.15) is 4.31 Å². The molecular weight excluding hydrogens is 434 g/mol. The zero-order valence-corrected chi connectivity index (χ0v) is 19.7. The lowest BCUT2D eigenvalue weighted by molar-refractivity contribution is -0.152. The highest BCUT2D eigenvalue weighted by atomic mass is 32.2. The van der Waals surface area contributed by atoms with Crippen LogP contribution in [-0.4, -0.2) is 43.7 Å². The van der Waals surface area contributed by atoms with E-state index in [4.69, 9.17) is 4.74 Å². The number of sulfonamides is 1. The number of carbonyl (C=O) groups excluding carboxylic acids is 2. The number of Topliss-reactive ketones (excluding diaryl/α,β-unsaturated/α-hetero) is 1. The Kier molecular flexibility index (Phi) is 5.54. The van der Waals surface area contributed by atoms with Crippen molar-refractivity contribution in [1.29, 1.82) is 0 Å². The molecule has 0 N–H and O–H groups in total. The van der Waals surface area contributed by atoms with Gasteiger partial charge in [-0.3, -0.25) is 4.79 Å². The number of piperidine rings is 1. The van der Waals surface area contributed by atoms with Crippen LogP contribution in [0.4, 0.5) is 0 Å². The van der Waals surface area contributed by atoms with Gasteiger partial charge in [-0.05, 0) is 87.5 Å². The maximum absolute atomic E-state index is 13.4. The molecule has 1 aliphatic heterocycles. The van der Waals surface area contributed by atoms with Gasteiger partial charge in [0.15, 0.2) is 11.9 Å². The lowest BCUT2D eigenvalue weighted by Crippen LogP contribution is -2.52. The second-order valence-corrected chi connectivity index (χ2v) is 13.0. The van der Waals surface area contributed by atoms with Gasteiger partial charge in [-0.25, -0.2) is 13.2 Å². The van der Waals surface area contributed by atoms with E-state index >= 15 is 0 Å². The number of thiophene rings is 1. The van der Waals surface area contributed by atoms with Crippen LogP contribution in [0.1, 0.15) is 74.4 Å². The Morgan fingerprint density at radius 1 is 1.06 bits per heavy atom. The van der Waals surface area contributed by atoms with E-state index in [1.807, 2.05) is 0 Å². The summed E-state index contributed by atoms with van der Waals surface area (Å²) in [6.07, 6.45) is 8.34. The Morgan fingerprint density at radius 3 is 2.23 bits per heavy atom. The fourth-order valence-corrected chi connectivity index (χ4v) is 9.79. The van der Waals surface area contributed by atoms with Crippen LogP contribution >= 0.6 is 11.3 Å². The molecule has 2 heterocycles. The van der Waals surface area contributed by atoms with Crippen molar-refractivity contribution in [3.63, 3.8) is 0 Å². The molecule has 1 aromatic rings. The summed E-state index contributed by atoms with van der Waals surface area (Å²) in [5, 5.41) is 1.61. The third kappa shape index (κ3) is 3.78. The van der Waals surface area contributed by atoms with E-state index in [-0.39, 0.29) is 21.0 Å². The average molecular weight is 466 g/mol. The predicted octanol–water partition coefficient (Wildman–Crippen LogP) is 4.25. The van der Waals surface area contributed by atoms with E-state index in [0.717, 1.165) is 49.9 Å². The smallest absolute Gasteiger partial charge is 0.350 e. The maximum Gasteiger partial charge on any atom is 0.350 e. The molecule has 4 aliphatic carbocycles. The molecule has 0 aromatic carbocycles. The molecule has 4 saturated carbocycles. The first kappa shape index (κ1) is 21.6. The van der Waals surface area contributed by atoms with Gasteiger partial charge in [0.25, 0.3) is 0 Å². The van der Waals surface area contributed by atoms with Gasteiger partial charge in [0, 0.05) is 18.5 Å². The molecule has 5 fully saturated rings. The molecule has 170 valence electrons. The maximum atomic E-state index is 13.4. The molecule has 6 nitrogen and oxygen atoms in total. The molecule has 1 aromatic heterocycles. The summed E-state index contributed by atoms with van der Waals surface area (Å²) >= 11 is 1.07. The van der Waals surface area contributed by atoms with Gasteiger partial charge in [-0.15, -0.1) is 11.3 Å². The van der Waals surface area contributed by atoms with Crippen molar-refractivity contribution in [1.82, 2.24) is 4.31 Å². The van der Waals surface area contributed by atoms with Crippen LogP contribution in [0, 0.1) is 23.2 Å². The van der Waals surface area contributed by atoms with Crippen molar-refractivity contribution in [2.24, 2.45) is 23.2 Å². The number of hydrogen-bond donors (Lipinski definition) is 0. The molecule has 31 heavy (non-hydrogen) atoms. The third-order valence-corrected chi connectivity index (χ3v) is 10.9. The van der Waals surface area contributed by atoms with Gasteiger partial charge in [0.2, 0.25) is 10.0 Å². The second-order valence-electron chi connectivity index (χ2n) is 10.2. The fraction of sp³-hybridized carbons (Fsp3) is 0.739. The van der Waals surface area contributed by atoms with E-state index in [1.54, 1.807) is 12.3 Å². The van der Waals surface area contributed by atoms with E-state index in [9.17, 15) is 18.0 Å². The Balaban J connectivity index is 1.31. The molecule has 5 aliphatic rings. The first-order chi connectivity index (χ1) is 14.8. The van der Waals surface area contributed by atoms with Crippen molar-refractivity contribution in [3.8, 4) is 0 Å². The molecule has 1 atom stereocenters. The number of esters is 1. The third-order valence-electron chi connectivity index (χ3n) is 7.96. The average Bonchev–Trinajstić information content (AvgIpc) is 3.24. The monoisotopic (exact) mass is 465 g/mol. The molecule has 4 bridgehead atoms. The van der Waals surface area contributed by atoms with Crippen LogP contribution in [-0.2, 0) is 19.6 Å². The van der Waals surface area contributed by atoms with Gasteiger partial charge >= 0.3 is 5.97 Å². The molecule has 8 heteroatoms. The summed E-state index contributed by atoms with van der Waals surface area (Å²) in [6, 6.07) is 1.48. The normalized spacial score (nSPS) is 33.9. The molecule has 1 saturated heterocycles. The first-order valence-corrected chi connectivity index (χ1v) is 13.9. The van der Waals surface area contributed by atoms with Gasteiger partial charge in [0.1, 0.15) is 9.77 Å². The van der Waals surface area contributed by atoms with Gasteiger partial charge in [0.05, 0.1) is 0 Å². The van der Waals surface area contributed by atoms with Crippen molar-refractivity contribution in [2.75, 3.05) is 13.1 Å². The number of ketones is 1. The lowest BCUT2D eigenvalue weighted by atomic mass is 9.48. The van der Waals surface area contributed by atoms with Crippen molar-refractivity contribution < 1.29 is 22.7 Å². The van der Waals surface area contributed by atoms with E-state index < -0.39 is 22.1 Å². The summed E-state index contributed by atoms with van der Waals surface area (Å²) in [5.74, 6) is 1.25. The SMILES string of the molecule is C[C@H](OC(=O)c1sccc1S(=O)(=O)N1CCCCC1)C(=O)C12CC3CC(CC(C3)C1)C2. The van der Waals surface area contributed by atoms with Crippen molar-refractivity contribution in [3.05, 3.63) is 16.3 Å². The Labute approximate surface area is 188 Å². The van der Waals surface area contributed by atoms with Crippen LogP contribution in [0.15, 0.2) is 16.3 Å². The summed E-state index contributed by atoms with van der Waals surface area (Å²) in [7, 11) is -3.73. The molecular formula is C23H31NO5S2. The Bertz CT molecular complexity index is 941. The number of ether oxygens (including phenoxy) is 1. The molecule has 0 amide bonds. The number of hydrogen-bond acceptors (Lipinski definition) is 6. The number of nitrogens with zero attached hydrogens (tertiary/aromatic N) is 1. The molecule has 0 radical (unpaired) electrons. The highest BCUT2D eigenvalue weighted by Gasteiger charge is 2.55. The van der Waals surface area contributed by atoms with E-state index in [0.29, 0.717) is 30.8 Å². The fourth-order valence-electron chi connectivity index (χ4n) is 7.00. The van der Waals surface area contributed by atoms with Crippen molar-refractivity contribution >= 4 is 33.1 Å².